The molecule has 0 radical (unpaired) electrons. The number of aromatic nitrogens is 4. The van der Waals surface area contributed by atoms with Crippen molar-refractivity contribution in [3.8, 4) is 0 Å². The van der Waals surface area contributed by atoms with Gasteiger partial charge in [0, 0.05) is 18.8 Å². The molecule has 2 aliphatic carbocycles. The molecule has 2 atom stereocenters. The average molecular weight is 802 g/mol. The predicted octanol–water partition coefficient (Wildman–Crippen LogP) is 8.38. The number of rotatable bonds is 18. The molecular formula is C42H67N5O10. The molecule has 2 saturated carbocycles. The van der Waals surface area contributed by atoms with Crippen LogP contribution in [-0.2, 0) is 28.6 Å². The Balaban J connectivity index is 0.000000310. The van der Waals surface area contributed by atoms with Gasteiger partial charge in [-0.1, -0.05) is 100 Å². The van der Waals surface area contributed by atoms with E-state index in [0.717, 1.165) is 37.5 Å². The van der Waals surface area contributed by atoms with Crippen molar-refractivity contribution in [3.05, 3.63) is 23.4 Å². The molecule has 2 heterocycles. The van der Waals surface area contributed by atoms with Gasteiger partial charge in [0.15, 0.2) is 0 Å². The number of Topliss-reactive ketones (excluding diaryl/α,β-unsaturated/α-hetero) is 1. The number of ether oxygens (including phenoxy) is 3. The van der Waals surface area contributed by atoms with Gasteiger partial charge >= 0.3 is 17.9 Å². The maximum absolute atomic E-state index is 12.4. The van der Waals surface area contributed by atoms with Crippen LogP contribution in [0.1, 0.15) is 209 Å². The number of amides is 1. The van der Waals surface area contributed by atoms with Crippen molar-refractivity contribution in [2.75, 3.05) is 13.7 Å². The highest BCUT2D eigenvalue weighted by Gasteiger charge is 2.29. The molecule has 2 fully saturated rings. The number of hydrogen-bond acceptors (Lipinski definition) is 14. The van der Waals surface area contributed by atoms with Crippen LogP contribution in [0.25, 0.3) is 0 Å². The highest BCUT2D eigenvalue weighted by Crippen LogP contribution is 2.33. The minimum Gasteiger partial charge on any atom is -0.468 e. The highest BCUT2D eigenvalue weighted by atomic mass is 16.6. The Labute approximate surface area is 337 Å². The molecule has 15 nitrogen and oxygen atoms in total. The van der Waals surface area contributed by atoms with Gasteiger partial charge in [0.25, 0.3) is 11.7 Å². The van der Waals surface area contributed by atoms with Crippen molar-refractivity contribution < 1.29 is 47.2 Å². The van der Waals surface area contributed by atoms with Gasteiger partial charge in [-0.15, -0.1) is 0 Å². The SMILES string of the molecule is CC(=O)c1noc([C@H](CCCC2CCCCC2)CC(=O)OC(C)(C)C)n1.COC(=O)CNC(=O)c1noc([C@H](CCCC2CCCCC2)CC(=O)OC(C)(C)C)n1. The zero-order valence-corrected chi connectivity index (χ0v) is 35.6. The van der Waals surface area contributed by atoms with Crippen LogP contribution >= 0.6 is 0 Å². The molecule has 57 heavy (non-hydrogen) atoms. The van der Waals surface area contributed by atoms with E-state index in [1.54, 1.807) is 0 Å². The van der Waals surface area contributed by atoms with Crippen molar-refractivity contribution in [2.24, 2.45) is 11.8 Å². The van der Waals surface area contributed by atoms with Gasteiger partial charge in [0.2, 0.25) is 23.4 Å². The van der Waals surface area contributed by atoms with Crippen LogP contribution < -0.4 is 5.32 Å². The standard InChI is InChI=1S/C22H35N3O6.C20H32N2O4/c1-22(2,3)30-17(26)13-16(12-8-11-15-9-6-5-7-10-15)21-24-19(25-31-21)20(28)23-14-18(27)29-4;1-14(23)18-21-19(26-22-18)16(13-17(24)25-20(2,3)4)12-8-11-15-9-6-5-7-10-15/h15-16H,5-14H2,1-4H3,(H,23,28);15-16H,5-13H2,1-4H3/t2*16-/m11/s1. The van der Waals surface area contributed by atoms with E-state index >= 15 is 0 Å². The van der Waals surface area contributed by atoms with Gasteiger partial charge in [-0.2, -0.15) is 9.97 Å². The van der Waals surface area contributed by atoms with Gasteiger partial charge in [-0.3, -0.25) is 24.0 Å². The van der Waals surface area contributed by atoms with E-state index in [2.05, 4.69) is 30.3 Å². The van der Waals surface area contributed by atoms with Crippen molar-refractivity contribution in [1.82, 2.24) is 25.6 Å². The third-order valence-corrected chi connectivity index (χ3v) is 10.2. The molecule has 2 aromatic rings. The summed E-state index contributed by atoms with van der Waals surface area (Å²) in [5.74, 6) is -0.585. The summed E-state index contributed by atoms with van der Waals surface area (Å²) in [6.45, 7) is 12.1. The summed E-state index contributed by atoms with van der Waals surface area (Å²) in [7, 11) is 1.23. The Morgan fingerprint density at radius 2 is 1.09 bits per heavy atom. The van der Waals surface area contributed by atoms with Crippen molar-refractivity contribution >= 4 is 29.6 Å². The van der Waals surface area contributed by atoms with Crippen molar-refractivity contribution in [1.29, 1.82) is 0 Å². The largest absolute Gasteiger partial charge is 0.468 e. The van der Waals surface area contributed by atoms with Crippen molar-refractivity contribution in [3.63, 3.8) is 0 Å². The average Bonchev–Trinajstić information content (AvgIpc) is 3.84. The lowest BCUT2D eigenvalue weighted by Crippen LogP contribution is -2.30. The Morgan fingerprint density at radius 3 is 1.47 bits per heavy atom. The fourth-order valence-electron chi connectivity index (χ4n) is 7.39. The summed E-state index contributed by atoms with van der Waals surface area (Å²) in [6, 6.07) is 0. The lowest BCUT2D eigenvalue weighted by atomic mass is 9.84. The van der Waals surface area contributed by atoms with E-state index in [9.17, 15) is 24.0 Å². The Bertz CT molecular complexity index is 1560. The van der Waals surface area contributed by atoms with E-state index < -0.39 is 23.1 Å². The zero-order chi connectivity index (χ0) is 42.0. The van der Waals surface area contributed by atoms with E-state index in [4.69, 9.17) is 18.5 Å². The van der Waals surface area contributed by atoms with Gasteiger partial charge in [0.1, 0.15) is 17.7 Å². The monoisotopic (exact) mass is 801 g/mol. The Kier molecular flexibility index (Phi) is 19.3. The second kappa shape index (κ2) is 23.3. The summed E-state index contributed by atoms with van der Waals surface area (Å²) in [4.78, 5) is 67.8. The van der Waals surface area contributed by atoms with Crippen molar-refractivity contribution in [2.45, 2.75) is 187 Å². The number of methoxy groups -OCH3 is 1. The van der Waals surface area contributed by atoms with Crippen LogP contribution in [-0.4, -0.2) is 74.7 Å². The van der Waals surface area contributed by atoms with Gasteiger partial charge < -0.3 is 28.6 Å². The smallest absolute Gasteiger partial charge is 0.325 e. The first-order valence-corrected chi connectivity index (χ1v) is 20.9. The molecule has 0 aromatic carbocycles. The second-order valence-electron chi connectivity index (χ2n) is 17.6. The first kappa shape index (κ1) is 47.2. The van der Waals surface area contributed by atoms with Crippen LogP contribution in [0.3, 0.4) is 0 Å². The minimum atomic E-state index is -0.640. The maximum atomic E-state index is 12.4. The quantitative estimate of drug-likeness (QED) is 0.0855. The molecule has 320 valence electrons. The minimum absolute atomic E-state index is 0.0708. The molecule has 15 heteroatoms. The predicted molar refractivity (Wildman–Crippen MR) is 210 cm³/mol. The van der Waals surface area contributed by atoms with E-state index in [1.165, 1.54) is 84.7 Å². The normalized spacial score (nSPS) is 16.4. The van der Waals surface area contributed by atoms with Crippen LogP contribution in [0.4, 0.5) is 0 Å². The van der Waals surface area contributed by atoms with Gasteiger partial charge in [0.05, 0.1) is 20.0 Å². The first-order valence-electron chi connectivity index (χ1n) is 20.9. The van der Waals surface area contributed by atoms with Crippen LogP contribution in [0.15, 0.2) is 9.05 Å². The fourth-order valence-corrected chi connectivity index (χ4v) is 7.39. The highest BCUT2D eigenvalue weighted by molar-refractivity contribution is 5.92. The molecule has 0 aliphatic heterocycles. The Hall–Kier alpha value is -4.17. The zero-order valence-electron chi connectivity index (χ0n) is 35.6. The summed E-state index contributed by atoms with van der Waals surface area (Å²) < 4.78 is 26.0. The lowest BCUT2D eigenvalue weighted by molar-refractivity contribution is -0.156. The number of hydrogen-bond donors (Lipinski definition) is 1. The number of nitrogens with zero attached hydrogens (tertiary/aromatic N) is 4. The molecule has 0 bridgehead atoms. The number of carbonyl (C=O) groups excluding carboxylic acids is 5. The third kappa shape index (κ3) is 18.8. The molecule has 0 unspecified atom stereocenters. The number of nitrogens with one attached hydrogen (secondary N) is 1. The molecule has 1 amide bonds. The number of carbonyl (C=O) groups is 5. The summed E-state index contributed by atoms with van der Waals surface area (Å²) in [6.07, 6.45) is 19.1. The molecular weight excluding hydrogens is 734 g/mol. The summed E-state index contributed by atoms with van der Waals surface area (Å²) in [5, 5.41) is 9.82. The summed E-state index contributed by atoms with van der Waals surface area (Å²) in [5.41, 5.74) is -1.11. The molecule has 2 aliphatic rings. The Morgan fingerprint density at radius 1 is 0.667 bits per heavy atom. The van der Waals surface area contributed by atoms with Gasteiger partial charge in [-0.05, 0) is 66.2 Å². The fraction of sp³-hybridized carbons (Fsp3) is 0.786. The number of ketones is 1. The molecule has 2 aromatic heterocycles. The molecule has 1 N–H and O–H groups in total. The maximum Gasteiger partial charge on any atom is 0.325 e. The van der Waals surface area contributed by atoms with Crippen LogP contribution in [0.2, 0.25) is 0 Å². The third-order valence-electron chi connectivity index (χ3n) is 10.2. The van der Waals surface area contributed by atoms with E-state index in [0.29, 0.717) is 12.3 Å². The topological polar surface area (TPSA) is 203 Å². The lowest BCUT2D eigenvalue weighted by Gasteiger charge is -2.23. The second-order valence-corrected chi connectivity index (χ2v) is 17.6. The molecule has 0 saturated heterocycles. The van der Waals surface area contributed by atoms with Gasteiger partial charge in [-0.25, -0.2) is 0 Å². The summed E-state index contributed by atoms with van der Waals surface area (Å²) >= 11 is 0. The molecule has 0 spiro atoms. The van der Waals surface area contributed by atoms with Crippen LogP contribution in [0.5, 0.6) is 0 Å². The first-order chi connectivity index (χ1) is 26.9. The number of esters is 3. The molecule has 4 rings (SSSR count). The van der Waals surface area contributed by atoms with Crippen LogP contribution in [0, 0.1) is 11.8 Å². The van der Waals surface area contributed by atoms with E-state index in [1.807, 2.05) is 41.5 Å². The van der Waals surface area contributed by atoms with E-state index in [-0.39, 0.29) is 66.5 Å².